The number of fused-ring (bicyclic) bond motifs is 4. The lowest BCUT2D eigenvalue weighted by atomic mass is 9.97. The number of nitrogens with zero attached hydrogens (tertiary/aromatic N) is 3. The maximum atomic E-state index is 6.33. The first-order chi connectivity index (χ1) is 20.3. The Morgan fingerprint density at radius 3 is 1.73 bits per heavy atom. The van der Waals surface area contributed by atoms with E-state index in [1.165, 1.54) is 0 Å². The fourth-order valence-corrected chi connectivity index (χ4v) is 5.43. The van der Waals surface area contributed by atoms with Crippen LogP contribution in [0.2, 0.25) is 0 Å². The molecule has 0 atom stereocenters. The smallest absolute Gasteiger partial charge is 0.227 e. The monoisotopic (exact) mass is 525 g/mol. The number of hydrogen-bond acceptors (Lipinski definition) is 4. The van der Waals surface area contributed by atoms with E-state index in [1.807, 2.05) is 78.9 Å². The Labute approximate surface area is 236 Å². The summed E-state index contributed by atoms with van der Waals surface area (Å²) in [6.45, 7) is 0. The Balaban J connectivity index is 1.27. The summed E-state index contributed by atoms with van der Waals surface area (Å²) in [5.74, 6) is 0.629. The third kappa shape index (κ3) is 4.14. The van der Waals surface area contributed by atoms with Gasteiger partial charge in [0, 0.05) is 22.1 Å². The van der Waals surface area contributed by atoms with Gasteiger partial charge in [0.05, 0.1) is 22.4 Å². The SMILES string of the molecule is c1ccc(-c2nc3ccc4ccc(-c5cccc(-c6nc7ccccc7nc6-c6ccccc6)c5)cc4c3o2)cc1. The number of para-hydroxylation sites is 2. The summed E-state index contributed by atoms with van der Waals surface area (Å²) in [6.07, 6.45) is 0. The van der Waals surface area contributed by atoms with Crippen molar-refractivity contribution in [1.82, 2.24) is 15.0 Å². The summed E-state index contributed by atoms with van der Waals surface area (Å²) in [5, 5.41) is 2.15. The first-order valence-electron chi connectivity index (χ1n) is 13.6. The number of benzene rings is 6. The standard InChI is InChI=1S/C37H23N3O/c1-3-10-25(11-4-1)34-35(39-32-17-8-7-16-31(32)38-34)29-15-9-14-27(22-29)28-19-18-24-20-21-33-36(30(24)23-28)41-37(40-33)26-12-5-2-6-13-26/h1-23H. The summed E-state index contributed by atoms with van der Waals surface area (Å²) < 4.78 is 6.33. The van der Waals surface area contributed by atoms with Crippen LogP contribution < -0.4 is 0 Å². The summed E-state index contributed by atoms with van der Waals surface area (Å²) >= 11 is 0. The first-order valence-corrected chi connectivity index (χ1v) is 13.6. The van der Waals surface area contributed by atoms with Gasteiger partial charge in [-0.1, -0.05) is 97.1 Å². The molecule has 2 aromatic heterocycles. The second-order valence-corrected chi connectivity index (χ2v) is 10.1. The molecule has 0 fully saturated rings. The predicted octanol–water partition coefficient (Wildman–Crippen LogP) is 9.59. The van der Waals surface area contributed by atoms with Crippen molar-refractivity contribution in [2.45, 2.75) is 0 Å². The quantitative estimate of drug-likeness (QED) is 0.230. The number of aromatic nitrogens is 3. The Morgan fingerprint density at radius 1 is 0.390 bits per heavy atom. The van der Waals surface area contributed by atoms with Gasteiger partial charge in [-0.2, -0.15) is 0 Å². The molecule has 8 aromatic rings. The van der Waals surface area contributed by atoms with Crippen LogP contribution in [-0.4, -0.2) is 15.0 Å². The van der Waals surface area contributed by atoms with E-state index in [4.69, 9.17) is 19.4 Å². The topological polar surface area (TPSA) is 51.8 Å². The van der Waals surface area contributed by atoms with Crippen LogP contribution in [0.3, 0.4) is 0 Å². The highest BCUT2D eigenvalue weighted by Gasteiger charge is 2.15. The molecule has 8 rings (SSSR count). The molecule has 41 heavy (non-hydrogen) atoms. The molecule has 2 heterocycles. The fourth-order valence-electron chi connectivity index (χ4n) is 5.43. The third-order valence-electron chi connectivity index (χ3n) is 7.48. The van der Waals surface area contributed by atoms with E-state index in [0.29, 0.717) is 5.89 Å². The molecule has 0 N–H and O–H groups in total. The fraction of sp³-hybridized carbons (Fsp3) is 0. The zero-order chi connectivity index (χ0) is 27.2. The Hall–Kier alpha value is -5.61. The molecule has 0 radical (unpaired) electrons. The highest BCUT2D eigenvalue weighted by Crippen LogP contribution is 2.36. The molecular weight excluding hydrogens is 502 g/mol. The van der Waals surface area contributed by atoms with Gasteiger partial charge < -0.3 is 4.42 Å². The zero-order valence-electron chi connectivity index (χ0n) is 22.0. The minimum atomic E-state index is 0.629. The molecule has 0 aliphatic rings. The van der Waals surface area contributed by atoms with Crippen LogP contribution in [0, 0.1) is 0 Å². The van der Waals surface area contributed by atoms with Crippen molar-refractivity contribution in [2.75, 3.05) is 0 Å². The summed E-state index contributed by atoms with van der Waals surface area (Å²) in [4.78, 5) is 14.9. The predicted molar refractivity (Wildman–Crippen MR) is 166 cm³/mol. The van der Waals surface area contributed by atoms with Gasteiger partial charge in [0.1, 0.15) is 5.52 Å². The molecular formula is C37H23N3O. The molecule has 0 amide bonds. The second-order valence-electron chi connectivity index (χ2n) is 10.1. The van der Waals surface area contributed by atoms with Crippen molar-refractivity contribution in [3.63, 3.8) is 0 Å². The van der Waals surface area contributed by atoms with Crippen LogP contribution in [-0.2, 0) is 0 Å². The average Bonchev–Trinajstić information content (AvgIpc) is 3.50. The molecule has 0 saturated heterocycles. The Kier molecular flexibility index (Phi) is 5.42. The van der Waals surface area contributed by atoms with Crippen molar-refractivity contribution in [1.29, 1.82) is 0 Å². The minimum Gasteiger partial charge on any atom is -0.435 e. The molecule has 0 bridgehead atoms. The van der Waals surface area contributed by atoms with Gasteiger partial charge in [-0.15, -0.1) is 0 Å². The van der Waals surface area contributed by atoms with Gasteiger partial charge >= 0.3 is 0 Å². The normalized spacial score (nSPS) is 11.4. The lowest BCUT2D eigenvalue weighted by Gasteiger charge is -2.12. The molecule has 0 spiro atoms. The molecule has 192 valence electrons. The van der Waals surface area contributed by atoms with Crippen molar-refractivity contribution < 1.29 is 4.42 Å². The van der Waals surface area contributed by atoms with Crippen molar-refractivity contribution in [3.8, 4) is 45.1 Å². The van der Waals surface area contributed by atoms with E-state index in [9.17, 15) is 0 Å². The minimum absolute atomic E-state index is 0.629. The highest BCUT2D eigenvalue weighted by molar-refractivity contribution is 6.05. The summed E-state index contributed by atoms with van der Waals surface area (Å²) in [6, 6.07) is 47.5. The number of rotatable bonds is 4. The zero-order valence-corrected chi connectivity index (χ0v) is 22.0. The highest BCUT2D eigenvalue weighted by atomic mass is 16.3. The van der Waals surface area contributed by atoms with Crippen LogP contribution in [0.15, 0.2) is 144 Å². The van der Waals surface area contributed by atoms with Crippen molar-refractivity contribution in [2.24, 2.45) is 0 Å². The first kappa shape index (κ1) is 23.3. The molecule has 4 heteroatoms. The van der Waals surface area contributed by atoms with E-state index in [2.05, 4.69) is 60.7 Å². The van der Waals surface area contributed by atoms with E-state index in [0.717, 1.165) is 72.1 Å². The average molecular weight is 526 g/mol. The van der Waals surface area contributed by atoms with E-state index >= 15 is 0 Å². The largest absolute Gasteiger partial charge is 0.435 e. The van der Waals surface area contributed by atoms with Gasteiger partial charge in [-0.25, -0.2) is 15.0 Å². The molecule has 0 saturated carbocycles. The Bertz CT molecular complexity index is 2200. The lowest BCUT2D eigenvalue weighted by molar-refractivity contribution is 0.623. The van der Waals surface area contributed by atoms with Crippen LogP contribution in [0.4, 0.5) is 0 Å². The van der Waals surface area contributed by atoms with E-state index < -0.39 is 0 Å². The van der Waals surface area contributed by atoms with Crippen LogP contribution in [0.5, 0.6) is 0 Å². The number of oxazole rings is 1. The van der Waals surface area contributed by atoms with Crippen molar-refractivity contribution >= 4 is 32.9 Å². The van der Waals surface area contributed by atoms with Crippen LogP contribution in [0.25, 0.3) is 78.0 Å². The van der Waals surface area contributed by atoms with Gasteiger partial charge in [0.2, 0.25) is 5.89 Å². The summed E-state index contributed by atoms with van der Waals surface area (Å²) in [7, 11) is 0. The van der Waals surface area contributed by atoms with Gasteiger partial charge in [0.25, 0.3) is 0 Å². The molecule has 0 aliphatic heterocycles. The maximum absolute atomic E-state index is 6.33. The summed E-state index contributed by atoms with van der Waals surface area (Å²) in [5.41, 5.74) is 10.4. The van der Waals surface area contributed by atoms with E-state index in [-0.39, 0.29) is 0 Å². The second kappa shape index (κ2) is 9.54. The van der Waals surface area contributed by atoms with Crippen LogP contribution in [0.1, 0.15) is 0 Å². The molecule has 6 aromatic carbocycles. The van der Waals surface area contributed by atoms with Gasteiger partial charge in [-0.05, 0) is 59.0 Å². The van der Waals surface area contributed by atoms with Gasteiger partial charge in [0.15, 0.2) is 5.58 Å². The van der Waals surface area contributed by atoms with Gasteiger partial charge in [-0.3, -0.25) is 0 Å². The Morgan fingerprint density at radius 2 is 0.976 bits per heavy atom. The number of hydrogen-bond donors (Lipinski definition) is 0. The van der Waals surface area contributed by atoms with Crippen molar-refractivity contribution in [3.05, 3.63) is 140 Å². The van der Waals surface area contributed by atoms with Crippen LogP contribution >= 0.6 is 0 Å². The molecule has 4 nitrogen and oxygen atoms in total. The lowest BCUT2D eigenvalue weighted by Crippen LogP contribution is -1.95. The maximum Gasteiger partial charge on any atom is 0.227 e. The third-order valence-corrected chi connectivity index (χ3v) is 7.48. The molecule has 0 aliphatic carbocycles. The molecule has 0 unspecified atom stereocenters. The van der Waals surface area contributed by atoms with E-state index in [1.54, 1.807) is 0 Å².